The number of aromatic nitrogens is 6. The molecule has 36 heavy (non-hydrogen) atoms. The Balaban J connectivity index is 1.50. The van der Waals surface area contributed by atoms with Crippen LogP contribution in [0.4, 0.5) is 0 Å². The van der Waals surface area contributed by atoms with Gasteiger partial charge in [-0.1, -0.05) is 74.0 Å². The molecule has 5 aromatic rings. The van der Waals surface area contributed by atoms with Gasteiger partial charge in [0.1, 0.15) is 5.75 Å². The lowest BCUT2D eigenvalue weighted by atomic mass is 9.98. The molecule has 0 saturated carbocycles. The number of imidazole rings is 1. The smallest absolute Gasteiger partial charge is 0.333 e. The van der Waals surface area contributed by atoms with Gasteiger partial charge in [-0.3, -0.25) is 9.13 Å². The maximum absolute atomic E-state index is 13.6. The molecular formula is C28H28N6O2. The van der Waals surface area contributed by atoms with Gasteiger partial charge in [0.2, 0.25) is 0 Å². The van der Waals surface area contributed by atoms with Crippen molar-refractivity contribution in [3.8, 4) is 34.0 Å². The molecule has 2 aromatic heterocycles. The minimum absolute atomic E-state index is 0.0710. The van der Waals surface area contributed by atoms with Gasteiger partial charge in [-0.2, -0.15) is 0 Å². The Labute approximate surface area is 209 Å². The van der Waals surface area contributed by atoms with E-state index in [0.29, 0.717) is 18.1 Å². The Hall–Kier alpha value is -4.46. The number of methoxy groups -OCH3 is 1. The molecule has 182 valence electrons. The number of benzene rings is 3. The SMILES string of the molecule is CCCc1cn(-c2c(C)cccc2OC)c(=O)n1Cc1ccc(-c2ccccc2-c2nnn[nH]2)cc1. The number of ether oxygens (including phenoxy) is 1. The number of aryl methyl sites for hydroxylation is 2. The van der Waals surface area contributed by atoms with E-state index < -0.39 is 0 Å². The van der Waals surface area contributed by atoms with Crippen molar-refractivity contribution in [1.82, 2.24) is 29.8 Å². The summed E-state index contributed by atoms with van der Waals surface area (Å²) in [6, 6.07) is 22.1. The highest BCUT2D eigenvalue weighted by atomic mass is 16.5. The summed E-state index contributed by atoms with van der Waals surface area (Å²) in [4.78, 5) is 13.6. The number of nitrogens with one attached hydrogen (secondary N) is 1. The summed E-state index contributed by atoms with van der Waals surface area (Å²) in [6.07, 6.45) is 3.71. The maximum Gasteiger partial charge on any atom is 0.333 e. The molecule has 0 aliphatic heterocycles. The van der Waals surface area contributed by atoms with E-state index in [4.69, 9.17) is 4.74 Å². The van der Waals surface area contributed by atoms with E-state index in [9.17, 15) is 4.79 Å². The Morgan fingerprint density at radius 2 is 1.75 bits per heavy atom. The van der Waals surface area contributed by atoms with Crippen molar-refractivity contribution < 1.29 is 4.74 Å². The van der Waals surface area contributed by atoms with Gasteiger partial charge in [-0.05, 0) is 52.1 Å². The average molecular weight is 481 g/mol. The van der Waals surface area contributed by atoms with Gasteiger partial charge in [0.25, 0.3) is 0 Å². The zero-order valence-electron chi connectivity index (χ0n) is 20.6. The minimum atomic E-state index is -0.0710. The lowest BCUT2D eigenvalue weighted by Crippen LogP contribution is -2.25. The molecule has 8 nitrogen and oxygen atoms in total. The Morgan fingerprint density at radius 1 is 0.972 bits per heavy atom. The lowest BCUT2D eigenvalue weighted by molar-refractivity contribution is 0.412. The second-order valence-electron chi connectivity index (χ2n) is 8.73. The number of nitrogens with zero attached hydrogens (tertiary/aromatic N) is 5. The molecule has 0 amide bonds. The van der Waals surface area contributed by atoms with Crippen LogP contribution in [0.15, 0.2) is 77.7 Å². The second kappa shape index (κ2) is 10.0. The molecule has 0 atom stereocenters. The fraction of sp³-hybridized carbons (Fsp3) is 0.214. The third kappa shape index (κ3) is 4.33. The van der Waals surface area contributed by atoms with Crippen molar-refractivity contribution in [3.05, 3.63) is 100 Å². The predicted molar refractivity (Wildman–Crippen MR) is 139 cm³/mol. The van der Waals surface area contributed by atoms with Crippen molar-refractivity contribution in [1.29, 1.82) is 0 Å². The van der Waals surface area contributed by atoms with E-state index in [-0.39, 0.29) is 5.69 Å². The van der Waals surface area contributed by atoms with Crippen LogP contribution in [0.25, 0.3) is 28.2 Å². The Bertz CT molecular complexity index is 1530. The average Bonchev–Trinajstić information content (AvgIpc) is 3.54. The molecule has 1 N–H and O–H groups in total. The molecule has 5 rings (SSSR count). The number of H-pyrrole nitrogens is 1. The summed E-state index contributed by atoms with van der Waals surface area (Å²) in [7, 11) is 1.63. The number of para-hydroxylation sites is 1. The zero-order chi connectivity index (χ0) is 25.1. The van der Waals surface area contributed by atoms with Gasteiger partial charge in [0.15, 0.2) is 5.82 Å². The fourth-order valence-corrected chi connectivity index (χ4v) is 4.60. The minimum Gasteiger partial charge on any atom is -0.495 e. The Morgan fingerprint density at radius 3 is 2.44 bits per heavy atom. The third-order valence-electron chi connectivity index (χ3n) is 6.36. The summed E-state index contributed by atoms with van der Waals surface area (Å²) in [5, 5.41) is 14.3. The molecule has 0 unspecified atom stereocenters. The maximum atomic E-state index is 13.6. The van der Waals surface area contributed by atoms with Crippen LogP contribution in [0, 0.1) is 6.92 Å². The largest absolute Gasteiger partial charge is 0.495 e. The van der Waals surface area contributed by atoms with Crippen LogP contribution >= 0.6 is 0 Å². The van der Waals surface area contributed by atoms with Gasteiger partial charge in [0, 0.05) is 17.5 Å². The fourth-order valence-electron chi connectivity index (χ4n) is 4.60. The summed E-state index contributed by atoms with van der Waals surface area (Å²) in [5.74, 6) is 1.31. The van der Waals surface area contributed by atoms with E-state index in [1.807, 2.05) is 60.2 Å². The molecule has 0 radical (unpaired) electrons. The van der Waals surface area contributed by atoms with Gasteiger partial charge in [-0.15, -0.1) is 5.10 Å². The van der Waals surface area contributed by atoms with Crippen LogP contribution < -0.4 is 10.4 Å². The molecular weight excluding hydrogens is 452 g/mol. The summed E-state index contributed by atoms with van der Waals surface area (Å²) < 4.78 is 9.15. The molecule has 3 aromatic carbocycles. The number of hydrogen-bond donors (Lipinski definition) is 1. The van der Waals surface area contributed by atoms with E-state index in [1.54, 1.807) is 11.7 Å². The Kier molecular flexibility index (Phi) is 6.49. The standard InChI is InChI=1S/C28H28N6O2/c1-4-8-22-18-34(26-19(2)9-7-12-25(26)36-3)28(35)33(22)17-20-13-15-21(16-14-20)23-10-5-6-11-24(23)27-29-31-32-30-27/h5-7,9-16,18H,4,8,17H2,1-3H3,(H,29,30,31,32). The van der Waals surface area contributed by atoms with Crippen molar-refractivity contribution >= 4 is 0 Å². The normalized spacial score (nSPS) is 11.1. The van der Waals surface area contributed by atoms with E-state index in [0.717, 1.165) is 52.0 Å². The van der Waals surface area contributed by atoms with Crippen LogP contribution in [0.3, 0.4) is 0 Å². The summed E-state index contributed by atoms with van der Waals surface area (Å²) in [5.41, 5.74) is 6.76. The first-order valence-electron chi connectivity index (χ1n) is 12.0. The van der Waals surface area contributed by atoms with Crippen LogP contribution in [0.5, 0.6) is 5.75 Å². The van der Waals surface area contributed by atoms with Gasteiger partial charge < -0.3 is 4.74 Å². The number of hydrogen-bond acceptors (Lipinski definition) is 5. The van der Waals surface area contributed by atoms with Crippen LogP contribution in [-0.4, -0.2) is 36.9 Å². The van der Waals surface area contributed by atoms with Crippen molar-refractivity contribution in [2.45, 2.75) is 33.2 Å². The molecule has 0 spiro atoms. The first kappa shape index (κ1) is 23.3. The van der Waals surface area contributed by atoms with Gasteiger partial charge in [-0.25, -0.2) is 9.89 Å². The van der Waals surface area contributed by atoms with Crippen molar-refractivity contribution in [3.63, 3.8) is 0 Å². The van der Waals surface area contributed by atoms with Gasteiger partial charge in [0.05, 0.1) is 19.3 Å². The summed E-state index contributed by atoms with van der Waals surface area (Å²) >= 11 is 0. The molecule has 0 saturated heterocycles. The third-order valence-corrected chi connectivity index (χ3v) is 6.36. The first-order valence-corrected chi connectivity index (χ1v) is 12.0. The quantitative estimate of drug-likeness (QED) is 0.344. The molecule has 0 aliphatic rings. The highest BCUT2D eigenvalue weighted by Gasteiger charge is 2.17. The highest BCUT2D eigenvalue weighted by molar-refractivity contribution is 5.80. The number of rotatable bonds is 8. The van der Waals surface area contributed by atoms with Crippen LogP contribution in [-0.2, 0) is 13.0 Å². The molecule has 0 bridgehead atoms. The number of aromatic amines is 1. The predicted octanol–water partition coefficient (Wildman–Crippen LogP) is 4.80. The molecule has 8 heteroatoms. The molecule has 0 fully saturated rings. The van der Waals surface area contributed by atoms with Crippen LogP contribution in [0.1, 0.15) is 30.2 Å². The van der Waals surface area contributed by atoms with E-state index in [1.165, 1.54) is 0 Å². The highest BCUT2D eigenvalue weighted by Crippen LogP contribution is 2.30. The van der Waals surface area contributed by atoms with Crippen molar-refractivity contribution in [2.24, 2.45) is 0 Å². The molecule has 0 aliphatic carbocycles. The van der Waals surface area contributed by atoms with Gasteiger partial charge >= 0.3 is 5.69 Å². The van der Waals surface area contributed by atoms with Crippen molar-refractivity contribution in [2.75, 3.05) is 7.11 Å². The van der Waals surface area contributed by atoms with E-state index >= 15 is 0 Å². The monoisotopic (exact) mass is 480 g/mol. The second-order valence-corrected chi connectivity index (χ2v) is 8.73. The topological polar surface area (TPSA) is 90.6 Å². The molecule has 2 heterocycles. The summed E-state index contributed by atoms with van der Waals surface area (Å²) in [6.45, 7) is 4.60. The first-order chi connectivity index (χ1) is 17.6. The van der Waals surface area contributed by atoms with Crippen LogP contribution in [0.2, 0.25) is 0 Å². The van der Waals surface area contributed by atoms with E-state index in [2.05, 4.69) is 51.8 Å². The zero-order valence-corrected chi connectivity index (χ0v) is 20.6. The lowest BCUT2D eigenvalue weighted by Gasteiger charge is -2.11. The number of tetrazole rings is 1.